The fourth-order valence-electron chi connectivity index (χ4n) is 2.71. The van der Waals surface area contributed by atoms with Crippen molar-refractivity contribution >= 4 is 5.91 Å². The number of rotatable bonds is 5. The van der Waals surface area contributed by atoms with Gasteiger partial charge in [-0.25, -0.2) is 4.98 Å². The fourth-order valence-corrected chi connectivity index (χ4v) is 2.71. The molecule has 4 heteroatoms. The van der Waals surface area contributed by atoms with Crippen LogP contribution >= 0.6 is 0 Å². The molecule has 114 valence electrons. The van der Waals surface area contributed by atoms with Crippen molar-refractivity contribution < 1.29 is 9.21 Å². The summed E-state index contributed by atoms with van der Waals surface area (Å²) in [5, 5.41) is 2.98. The number of allylic oxidation sites excluding steroid dienone is 1. The maximum Gasteiger partial charge on any atom is 0.251 e. The Kier molecular flexibility index (Phi) is 4.68. The van der Waals surface area contributed by atoms with Crippen LogP contribution in [0.15, 0.2) is 52.9 Å². The van der Waals surface area contributed by atoms with Crippen molar-refractivity contribution in [2.75, 3.05) is 6.54 Å². The van der Waals surface area contributed by atoms with Crippen molar-refractivity contribution in [1.82, 2.24) is 10.3 Å². The molecule has 1 aromatic heterocycles. The van der Waals surface area contributed by atoms with E-state index < -0.39 is 0 Å². The topological polar surface area (TPSA) is 55.1 Å². The van der Waals surface area contributed by atoms with Crippen molar-refractivity contribution in [3.63, 3.8) is 0 Å². The summed E-state index contributed by atoms with van der Waals surface area (Å²) in [6, 6.07) is 7.37. The molecule has 1 aromatic carbocycles. The molecule has 0 radical (unpaired) electrons. The number of benzene rings is 1. The van der Waals surface area contributed by atoms with Gasteiger partial charge in [0, 0.05) is 17.7 Å². The molecule has 0 saturated carbocycles. The molecule has 0 atom stereocenters. The normalized spacial score (nSPS) is 14.5. The van der Waals surface area contributed by atoms with Crippen molar-refractivity contribution in [2.45, 2.75) is 32.1 Å². The molecule has 22 heavy (non-hydrogen) atoms. The van der Waals surface area contributed by atoms with E-state index in [1.165, 1.54) is 37.7 Å². The Labute approximate surface area is 130 Å². The van der Waals surface area contributed by atoms with Gasteiger partial charge in [0.25, 0.3) is 5.91 Å². The van der Waals surface area contributed by atoms with E-state index in [0.717, 1.165) is 12.0 Å². The van der Waals surface area contributed by atoms with Gasteiger partial charge in [-0.3, -0.25) is 4.79 Å². The van der Waals surface area contributed by atoms with Gasteiger partial charge in [-0.15, -0.1) is 0 Å². The van der Waals surface area contributed by atoms with Crippen LogP contribution < -0.4 is 5.32 Å². The molecule has 0 saturated heterocycles. The first-order valence-corrected chi connectivity index (χ1v) is 7.78. The Morgan fingerprint density at radius 2 is 2.09 bits per heavy atom. The van der Waals surface area contributed by atoms with Gasteiger partial charge in [-0.1, -0.05) is 23.8 Å². The molecule has 0 bridgehead atoms. The van der Waals surface area contributed by atoms with Gasteiger partial charge in [0.15, 0.2) is 12.2 Å². The summed E-state index contributed by atoms with van der Waals surface area (Å²) < 4.78 is 5.23. The van der Waals surface area contributed by atoms with Gasteiger partial charge < -0.3 is 9.73 Å². The largest absolute Gasteiger partial charge is 0.444 e. The second kappa shape index (κ2) is 7.07. The van der Waals surface area contributed by atoms with Crippen LogP contribution in [0.4, 0.5) is 0 Å². The summed E-state index contributed by atoms with van der Waals surface area (Å²) in [4.78, 5) is 16.0. The molecule has 1 heterocycles. The molecular formula is C18H20N2O2. The Morgan fingerprint density at radius 3 is 2.77 bits per heavy atom. The van der Waals surface area contributed by atoms with Crippen LogP contribution in [0, 0.1) is 0 Å². The van der Waals surface area contributed by atoms with Crippen molar-refractivity contribution in [3.8, 4) is 11.3 Å². The van der Waals surface area contributed by atoms with Gasteiger partial charge in [0.1, 0.15) is 0 Å². The third-order valence-electron chi connectivity index (χ3n) is 3.98. The van der Waals surface area contributed by atoms with E-state index in [-0.39, 0.29) is 5.91 Å². The highest BCUT2D eigenvalue weighted by molar-refractivity contribution is 5.94. The first kappa shape index (κ1) is 14.6. The molecular weight excluding hydrogens is 276 g/mol. The van der Waals surface area contributed by atoms with Gasteiger partial charge >= 0.3 is 0 Å². The minimum Gasteiger partial charge on any atom is -0.444 e. The highest BCUT2D eigenvalue weighted by Gasteiger charge is 2.08. The maximum absolute atomic E-state index is 12.1. The number of carbonyl (C=O) groups is 1. The molecule has 4 nitrogen and oxygen atoms in total. The fraction of sp³-hybridized carbons (Fsp3) is 0.333. The zero-order valence-electron chi connectivity index (χ0n) is 12.5. The third-order valence-corrected chi connectivity index (χ3v) is 3.98. The lowest BCUT2D eigenvalue weighted by Crippen LogP contribution is -2.24. The molecule has 1 aliphatic carbocycles. The number of hydrogen-bond acceptors (Lipinski definition) is 3. The lowest BCUT2D eigenvalue weighted by atomic mass is 9.97. The highest BCUT2D eigenvalue weighted by Crippen LogP contribution is 2.20. The van der Waals surface area contributed by atoms with E-state index in [0.29, 0.717) is 17.9 Å². The second-order valence-corrected chi connectivity index (χ2v) is 5.56. The zero-order valence-corrected chi connectivity index (χ0v) is 12.5. The van der Waals surface area contributed by atoms with E-state index in [1.807, 2.05) is 24.3 Å². The smallest absolute Gasteiger partial charge is 0.251 e. The molecule has 0 spiro atoms. The monoisotopic (exact) mass is 296 g/mol. The number of amides is 1. The lowest BCUT2D eigenvalue weighted by molar-refractivity contribution is 0.0954. The first-order valence-electron chi connectivity index (χ1n) is 7.78. The van der Waals surface area contributed by atoms with Crippen molar-refractivity contribution in [3.05, 3.63) is 54.1 Å². The van der Waals surface area contributed by atoms with Crippen molar-refractivity contribution in [1.29, 1.82) is 0 Å². The van der Waals surface area contributed by atoms with Crippen LogP contribution in [0.25, 0.3) is 11.3 Å². The Morgan fingerprint density at radius 1 is 1.23 bits per heavy atom. The molecule has 0 aliphatic heterocycles. The molecule has 3 rings (SSSR count). The van der Waals surface area contributed by atoms with Crippen LogP contribution in [0.5, 0.6) is 0 Å². The Bertz CT molecular complexity index is 642. The molecule has 1 amide bonds. The summed E-state index contributed by atoms with van der Waals surface area (Å²) in [6.45, 7) is 0.703. The van der Waals surface area contributed by atoms with E-state index >= 15 is 0 Å². The number of hydrogen-bond donors (Lipinski definition) is 1. The average molecular weight is 296 g/mol. The molecule has 0 unspecified atom stereocenters. The summed E-state index contributed by atoms with van der Waals surface area (Å²) in [5.74, 6) is 0.678. The lowest BCUT2D eigenvalue weighted by Gasteiger charge is -2.13. The van der Waals surface area contributed by atoms with Crippen LogP contribution in [0.1, 0.15) is 42.5 Å². The standard InChI is InChI=1S/C18H20N2O2/c21-18(20-11-10-14-4-2-1-3-5-14)16-8-6-15(7-9-16)17-12-19-13-22-17/h4,6-9,12-13H,1-3,5,10-11H2,(H,20,21). The quantitative estimate of drug-likeness (QED) is 0.850. The molecule has 1 N–H and O–H groups in total. The Balaban J connectivity index is 1.52. The summed E-state index contributed by atoms with van der Waals surface area (Å²) in [7, 11) is 0. The van der Waals surface area contributed by atoms with Crippen LogP contribution in [0.2, 0.25) is 0 Å². The number of oxazole rings is 1. The Hall–Kier alpha value is -2.36. The average Bonchev–Trinajstić information content (AvgIpc) is 3.10. The summed E-state index contributed by atoms with van der Waals surface area (Å²) in [5.41, 5.74) is 3.06. The van der Waals surface area contributed by atoms with E-state index in [1.54, 1.807) is 6.20 Å². The van der Waals surface area contributed by atoms with E-state index in [2.05, 4.69) is 16.4 Å². The summed E-state index contributed by atoms with van der Waals surface area (Å²) in [6.07, 6.45) is 11.3. The van der Waals surface area contributed by atoms with E-state index in [9.17, 15) is 4.79 Å². The van der Waals surface area contributed by atoms with Crippen molar-refractivity contribution in [2.24, 2.45) is 0 Å². The molecule has 0 fully saturated rings. The van der Waals surface area contributed by atoms with Gasteiger partial charge in [-0.2, -0.15) is 0 Å². The minimum absolute atomic E-state index is 0.0273. The zero-order chi connectivity index (χ0) is 15.2. The van der Waals surface area contributed by atoms with Gasteiger partial charge in [-0.05, 0) is 44.2 Å². The molecule has 2 aromatic rings. The van der Waals surface area contributed by atoms with Gasteiger partial charge in [0.2, 0.25) is 0 Å². The predicted molar refractivity (Wildman–Crippen MR) is 85.4 cm³/mol. The van der Waals surface area contributed by atoms with Crippen LogP contribution in [-0.4, -0.2) is 17.4 Å². The third kappa shape index (κ3) is 3.64. The maximum atomic E-state index is 12.1. The van der Waals surface area contributed by atoms with Crippen LogP contribution in [-0.2, 0) is 0 Å². The molecule has 1 aliphatic rings. The first-order chi connectivity index (χ1) is 10.8. The van der Waals surface area contributed by atoms with Gasteiger partial charge in [0.05, 0.1) is 6.20 Å². The second-order valence-electron chi connectivity index (χ2n) is 5.56. The number of carbonyl (C=O) groups excluding carboxylic acids is 1. The number of aromatic nitrogens is 1. The predicted octanol–water partition coefficient (Wildman–Crippen LogP) is 3.96. The van der Waals surface area contributed by atoms with Crippen LogP contribution in [0.3, 0.4) is 0 Å². The summed E-state index contributed by atoms with van der Waals surface area (Å²) >= 11 is 0. The number of nitrogens with zero attached hydrogens (tertiary/aromatic N) is 1. The minimum atomic E-state index is -0.0273. The number of nitrogens with one attached hydrogen (secondary N) is 1. The van der Waals surface area contributed by atoms with E-state index in [4.69, 9.17) is 4.42 Å². The highest BCUT2D eigenvalue weighted by atomic mass is 16.3. The SMILES string of the molecule is O=C(NCCC1=CCCCC1)c1ccc(-c2cnco2)cc1.